The molecule has 2 unspecified atom stereocenters. The molecule has 0 aromatic heterocycles. The minimum Gasteiger partial charge on any atom is -0.396 e. The molecule has 6 heteroatoms. The van der Waals surface area contributed by atoms with E-state index in [2.05, 4.69) is 23.6 Å². The van der Waals surface area contributed by atoms with Crippen molar-refractivity contribution in [2.24, 2.45) is 0 Å². The van der Waals surface area contributed by atoms with Gasteiger partial charge >= 0.3 is 0 Å². The van der Waals surface area contributed by atoms with Gasteiger partial charge in [0.25, 0.3) is 0 Å². The molecular weight excluding hydrogens is 240 g/mol. The average Bonchev–Trinajstić information content (AvgIpc) is 2.23. The van der Waals surface area contributed by atoms with Crippen LogP contribution in [0.1, 0.15) is 32.6 Å². The van der Waals surface area contributed by atoms with Gasteiger partial charge in [-0.2, -0.15) is 0 Å². The zero-order chi connectivity index (χ0) is 12.9. The van der Waals surface area contributed by atoms with E-state index in [1.165, 1.54) is 0 Å². The quantitative estimate of drug-likeness (QED) is 0.671. The van der Waals surface area contributed by atoms with Crippen LogP contribution in [-0.2, 0) is 10.0 Å². The van der Waals surface area contributed by atoms with Crippen LogP contribution < -0.4 is 4.72 Å². The summed E-state index contributed by atoms with van der Waals surface area (Å²) in [5, 5.41) is 8.63. The van der Waals surface area contributed by atoms with E-state index in [9.17, 15) is 8.42 Å². The second-order valence-corrected chi connectivity index (χ2v) is 6.79. The van der Waals surface area contributed by atoms with E-state index in [0.717, 1.165) is 19.4 Å². The summed E-state index contributed by atoms with van der Waals surface area (Å²) in [5.41, 5.74) is 0. The van der Waals surface area contributed by atoms with E-state index in [1.54, 1.807) is 0 Å². The van der Waals surface area contributed by atoms with Gasteiger partial charge in [0.2, 0.25) is 10.0 Å². The van der Waals surface area contributed by atoms with Crippen molar-refractivity contribution in [1.29, 1.82) is 0 Å². The number of likely N-dealkylation sites (tertiary alicyclic amines) is 1. The normalized spacial score (nSPS) is 27.2. The fraction of sp³-hybridized carbons (Fsp3) is 1.00. The molecule has 5 nitrogen and oxygen atoms in total. The van der Waals surface area contributed by atoms with Gasteiger partial charge in [0.1, 0.15) is 0 Å². The maximum atomic E-state index is 11.8. The Morgan fingerprint density at radius 3 is 2.71 bits per heavy atom. The first kappa shape index (κ1) is 14.9. The van der Waals surface area contributed by atoms with E-state index in [0.29, 0.717) is 18.9 Å². The molecule has 1 rings (SSSR count). The third-order valence-corrected chi connectivity index (χ3v) is 4.89. The molecule has 1 aliphatic heterocycles. The zero-order valence-electron chi connectivity index (χ0n) is 10.7. The van der Waals surface area contributed by atoms with Crippen molar-refractivity contribution in [3.8, 4) is 0 Å². The van der Waals surface area contributed by atoms with Gasteiger partial charge in [0.15, 0.2) is 0 Å². The van der Waals surface area contributed by atoms with Crippen LogP contribution in [0.3, 0.4) is 0 Å². The van der Waals surface area contributed by atoms with Crippen LogP contribution in [0.4, 0.5) is 0 Å². The molecule has 1 fully saturated rings. The van der Waals surface area contributed by atoms with Crippen LogP contribution in [-0.4, -0.2) is 56.5 Å². The number of nitrogens with one attached hydrogen (secondary N) is 1. The number of hydrogen-bond acceptors (Lipinski definition) is 4. The van der Waals surface area contributed by atoms with E-state index in [4.69, 9.17) is 5.11 Å². The van der Waals surface area contributed by atoms with Crippen molar-refractivity contribution in [2.45, 2.75) is 44.7 Å². The van der Waals surface area contributed by atoms with Crippen LogP contribution in [0.2, 0.25) is 0 Å². The molecule has 1 aliphatic rings. The van der Waals surface area contributed by atoms with Gasteiger partial charge < -0.3 is 10.0 Å². The van der Waals surface area contributed by atoms with Gasteiger partial charge in [-0.1, -0.05) is 0 Å². The Morgan fingerprint density at radius 2 is 2.12 bits per heavy atom. The van der Waals surface area contributed by atoms with Gasteiger partial charge in [-0.05, 0) is 46.2 Å². The smallest absolute Gasteiger partial charge is 0.211 e. The number of aliphatic hydroxyl groups is 1. The number of sulfonamides is 1. The molecular formula is C11H24N2O3S. The highest BCUT2D eigenvalue weighted by molar-refractivity contribution is 7.89. The average molecular weight is 264 g/mol. The molecule has 0 aliphatic carbocycles. The predicted molar refractivity (Wildman–Crippen MR) is 68.4 cm³/mol. The summed E-state index contributed by atoms with van der Waals surface area (Å²) in [7, 11) is -1.11. The lowest BCUT2D eigenvalue weighted by Crippen LogP contribution is -2.47. The Morgan fingerprint density at radius 1 is 1.41 bits per heavy atom. The van der Waals surface area contributed by atoms with E-state index >= 15 is 0 Å². The zero-order valence-corrected chi connectivity index (χ0v) is 11.5. The number of unbranched alkanes of at least 4 members (excludes halogenated alkanes) is 1. The largest absolute Gasteiger partial charge is 0.396 e. The minimum absolute atomic E-state index is 0.0563. The summed E-state index contributed by atoms with van der Waals surface area (Å²) >= 11 is 0. The molecule has 0 aromatic carbocycles. The van der Waals surface area contributed by atoms with Crippen LogP contribution in [0.25, 0.3) is 0 Å². The molecule has 2 atom stereocenters. The van der Waals surface area contributed by atoms with Gasteiger partial charge in [-0.15, -0.1) is 0 Å². The van der Waals surface area contributed by atoms with E-state index in [1.807, 2.05) is 0 Å². The number of nitrogens with zero attached hydrogens (tertiary/aromatic N) is 1. The highest BCUT2D eigenvalue weighted by Gasteiger charge is 2.25. The number of aliphatic hydroxyl groups excluding tert-OH is 1. The highest BCUT2D eigenvalue weighted by atomic mass is 32.2. The summed E-state index contributed by atoms with van der Waals surface area (Å²) in [6.45, 7) is 3.11. The molecule has 0 aromatic rings. The lowest BCUT2D eigenvalue weighted by molar-refractivity contribution is 0.178. The lowest BCUT2D eigenvalue weighted by atomic mass is 10.0. The Labute approximate surface area is 104 Å². The summed E-state index contributed by atoms with van der Waals surface area (Å²) in [5.74, 6) is 0.119. The standard InChI is InChI=1S/C11H24N2O3S/c1-10-9-11(5-6-13(10)2)12-17(15,16)8-4-3-7-14/h10-12,14H,3-9H2,1-2H3. The maximum Gasteiger partial charge on any atom is 0.211 e. The lowest BCUT2D eigenvalue weighted by Gasteiger charge is -2.35. The monoisotopic (exact) mass is 264 g/mol. The SMILES string of the molecule is CC1CC(NS(=O)(=O)CCCCO)CCN1C. The third kappa shape index (κ3) is 5.33. The second-order valence-electron chi connectivity index (χ2n) is 4.92. The van der Waals surface area contributed by atoms with Gasteiger partial charge in [0.05, 0.1) is 5.75 Å². The fourth-order valence-electron chi connectivity index (χ4n) is 2.11. The Kier molecular flexibility index (Phi) is 5.85. The predicted octanol–water partition coefficient (Wildman–Crippen LogP) is 0.161. The molecule has 1 heterocycles. The molecule has 2 N–H and O–H groups in total. The van der Waals surface area contributed by atoms with E-state index < -0.39 is 10.0 Å². The first-order valence-corrected chi connectivity index (χ1v) is 7.91. The second kappa shape index (κ2) is 6.68. The molecule has 0 saturated carbocycles. The summed E-state index contributed by atoms with van der Waals surface area (Å²) < 4.78 is 26.3. The summed E-state index contributed by atoms with van der Waals surface area (Å²) in [6, 6.07) is 0.495. The van der Waals surface area contributed by atoms with Gasteiger partial charge in [-0.25, -0.2) is 13.1 Å². The fourth-order valence-corrected chi connectivity index (χ4v) is 3.54. The summed E-state index contributed by atoms with van der Waals surface area (Å²) in [6.07, 6.45) is 2.81. The topological polar surface area (TPSA) is 69.6 Å². The van der Waals surface area contributed by atoms with Crippen molar-refractivity contribution < 1.29 is 13.5 Å². The van der Waals surface area contributed by atoms with Crippen molar-refractivity contribution in [3.63, 3.8) is 0 Å². The van der Waals surface area contributed by atoms with Crippen LogP contribution in [0.15, 0.2) is 0 Å². The molecule has 1 saturated heterocycles. The first-order chi connectivity index (χ1) is 7.94. The maximum absolute atomic E-state index is 11.8. The van der Waals surface area contributed by atoms with Crippen molar-refractivity contribution in [3.05, 3.63) is 0 Å². The van der Waals surface area contributed by atoms with Crippen molar-refractivity contribution in [1.82, 2.24) is 9.62 Å². The van der Waals surface area contributed by atoms with Crippen LogP contribution in [0, 0.1) is 0 Å². The van der Waals surface area contributed by atoms with Crippen molar-refractivity contribution >= 4 is 10.0 Å². The van der Waals surface area contributed by atoms with Gasteiger partial charge in [-0.3, -0.25) is 0 Å². The molecule has 102 valence electrons. The molecule has 0 amide bonds. The number of rotatable bonds is 6. The van der Waals surface area contributed by atoms with Crippen LogP contribution in [0.5, 0.6) is 0 Å². The third-order valence-electron chi connectivity index (χ3n) is 3.38. The Hall–Kier alpha value is -0.170. The number of hydrogen-bond donors (Lipinski definition) is 2. The minimum atomic E-state index is -3.17. The molecule has 0 radical (unpaired) electrons. The molecule has 0 spiro atoms. The molecule has 0 bridgehead atoms. The van der Waals surface area contributed by atoms with Crippen molar-refractivity contribution in [2.75, 3.05) is 26.0 Å². The summed E-state index contributed by atoms with van der Waals surface area (Å²) in [4.78, 5) is 2.25. The van der Waals surface area contributed by atoms with Crippen LogP contribution >= 0.6 is 0 Å². The van der Waals surface area contributed by atoms with E-state index in [-0.39, 0.29) is 18.4 Å². The first-order valence-electron chi connectivity index (χ1n) is 6.25. The number of piperidine rings is 1. The Balaban J connectivity index is 2.37. The van der Waals surface area contributed by atoms with Gasteiger partial charge in [0, 0.05) is 18.7 Å². The highest BCUT2D eigenvalue weighted by Crippen LogP contribution is 2.16. The molecule has 17 heavy (non-hydrogen) atoms. The Bertz CT molecular complexity index is 319.